The van der Waals surface area contributed by atoms with Crippen molar-refractivity contribution in [2.24, 2.45) is 11.8 Å². The smallest absolute Gasteiger partial charge is 0.305 e. The van der Waals surface area contributed by atoms with Crippen molar-refractivity contribution in [3.05, 3.63) is 0 Å². The number of carbonyl (C=O) groups is 3. The molecule has 3 unspecified atom stereocenters. The van der Waals surface area contributed by atoms with E-state index >= 15 is 0 Å². The molecule has 128 valence electrons. The van der Waals surface area contributed by atoms with Crippen molar-refractivity contribution in [3.8, 4) is 0 Å². The first-order valence-electron chi connectivity index (χ1n) is 7.74. The summed E-state index contributed by atoms with van der Waals surface area (Å²) in [6, 6.07) is 0.0181. The highest BCUT2D eigenvalue weighted by molar-refractivity contribution is 5.85. The lowest BCUT2D eigenvalue weighted by Gasteiger charge is -2.20. The maximum Gasteiger partial charge on any atom is 0.305 e. The standard InChI is InChI=1S/C16H30N2O4/c1-11(9-15(20)22-6)7-8-13(3)17-16(21)12(2)10-14(19)18(4)5/h11-13H,7-10H2,1-6H3,(H,17,21). The zero-order chi connectivity index (χ0) is 17.3. The highest BCUT2D eigenvalue weighted by Gasteiger charge is 2.20. The van der Waals surface area contributed by atoms with E-state index < -0.39 is 0 Å². The van der Waals surface area contributed by atoms with Gasteiger partial charge in [0.05, 0.1) is 7.11 Å². The van der Waals surface area contributed by atoms with Gasteiger partial charge in [-0.2, -0.15) is 0 Å². The highest BCUT2D eigenvalue weighted by Crippen LogP contribution is 2.13. The number of rotatable bonds is 9. The minimum Gasteiger partial charge on any atom is -0.469 e. The second-order valence-corrected chi connectivity index (χ2v) is 6.27. The van der Waals surface area contributed by atoms with Crippen molar-refractivity contribution in [1.29, 1.82) is 0 Å². The number of ether oxygens (including phenoxy) is 1. The van der Waals surface area contributed by atoms with E-state index in [-0.39, 0.29) is 42.1 Å². The zero-order valence-electron chi connectivity index (χ0n) is 14.6. The summed E-state index contributed by atoms with van der Waals surface area (Å²) < 4.78 is 4.64. The Morgan fingerprint density at radius 1 is 1.05 bits per heavy atom. The predicted molar refractivity (Wildman–Crippen MR) is 85.1 cm³/mol. The molecule has 0 fully saturated rings. The highest BCUT2D eigenvalue weighted by atomic mass is 16.5. The first-order chi connectivity index (χ1) is 10.2. The molecule has 22 heavy (non-hydrogen) atoms. The number of amides is 2. The second-order valence-electron chi connectivity index (χ2n) is 6.27. The van der Waals surface area contributed by atoms with Crippen molar-refractivity contribution >= 4 is 17.8 Å². The van der Waals surface area contributed by atoms with E-state index in [1.54, 1.807) is 21.0 Å². The average Bonchev–Trinajstić information content (AvgIpc) is 2.44. The Morgan fingerprint density at radius 3 is 2.14 bits per heavy atom. The Balaban J connectivity index is 4.09. The van der Waals surface area contributed by atoms with Crippen molar-refractivity contribution in [1.82, 2.24) is 10.2 Å². The number of esters is 1. The van der Waals surface area contributed by atoms with Crippen molar-refractivity contribution in [2.75, 3.05) is 21.2 Å². The van der Waals surface area contributed by atoms with Crippen molar-refractivity contribution in [3.63, 3.8) is 0 Å². The summed E-state index contributed by atoms with van der Waals surface area (Å²) >= 11 is 0. The third-order valence-corrected chi connectivity index (χ3v) is 3.65. The number of carbonyl (C=O) groups excluding carboxylic acids is 3. The monoisotopic (exact) mass is 314 g/mol. The molecule has 0 heterocycles. The molecule has 0 bridgehead atoms. The second kappa shape index (κ2) is 10.2. The van der Waals surface area contributed by atoms with Crippen LogP contribution in [0.2, 0.25) is 0 Å². The molecule has 0 aromatic heterocycles. The SMILES string of the molecule is COC(=O)CC(C)CCC(C)NC(=O)C(C)CC(=O)N(C)C. The third-order valence-electron chi connectivity index (χ3n) is 3.65. The molecular formula is C16H30N2O4. The number of methoxy groups -OCH3 is 1. The molecule has 0 aliphatic carbocycles. The van der Waals surface area contributed by atoms with Crippen LogP contribution in [0.15, 0.2) is 0 Å². The van der Waals surface area contributed by atoms with E-state index in [1.165, 1.54) is 12.0 Å². The van der Waals surface area contributed by atoms with Gasteiger partial charge in [0, 0.05) is 38.9 Å². The van der Waals surface area contributed by atoms with E-state index in [1.807, 2.05) is 13.8 Å². The minimum atomic E-state index is -0.343. The van der Waals surface area contributed by atoms with Gasteiger partial charge in [-0.15, -0.1) is 0 Å². The van der Waals surface area contributed by atoms with E-state index in [9.17, 15) is 14.4 Å². The summed E-state index contributed by atoms with van der Waals surface area (Å²) in [4.78, 5) is 36.3. The van der Waals surface area contributed by atoms with Gasteiger partial charge < -0.3 is 15.0 Å². The van der Waals surface area contributed by atoms with Gasteiger partial charge in [-0.25, -0.2) is 0 Å². The minimum absolute atomic E-state index is 0.0181. The van der Waals surface area contributed by atoms with Crippen molar-refractivity contribution < 1.29 is 19.1 Å². The number of hydrogen-bond acceptors (Lipinski definition) is 4. The quantitative estimate of drug-likeness (QED) is 0.656. The van der Waals surface area contributed by atoms with Gasteiger partial charge >= 0.3 is 5.97 Å². The Bertz CT molecular complexity index is 382. The van der Waals surface area contributed by atoms with Gasteiger partial charge in [-0.05, 0) is 25.7 Å². The summed E-state index contributed by atoms with van der Waals surface area (Å²) in [5.74, 6) is -0.491. The van der Waals surface area contributed by atoms with E-state index in [4.69, 9.17) is 0 Å². The van der Waals surface area contributed by atoms with Crippen LogP contribution in [0.25, 0.3) is 0 Å². The molecule has 0 saturated heterocycles. The van der Waals surface area contributed by atoms with Gasteiger partial charge in [0.15, 0.2) is 0 Å². The summed E-state index contributed by atoms with van der Waals surface area (Å²) in [6.07, 6.45) is 2.23. The number of nitrogens with zero attached hydrogens (tertiary/aromatic N) is 1. The van der Waals surface area contributed by atoms with E-state index in [0.717, 1.165) is 12.8 Å². The van der Waals surface area contributed by atoms with Crippen LogP contribution in [0.5, 0.6) is 0 Å². The Labute approximate surface area is 133 Å². The molecule has 0 rings (SSSR count). The van der Waals surface area contributed by atoms with Crippen LogP contribution in [-0.4, -0.2) is 49.9 Å². The van der Waals surface area contributed by atoms with Crippen LogP contribution in [0, 0.1) is 11.8 Å². The molecule has 3 atom stereocenters. The molecule has 0 aliphatic rings. The molecule has 6 heteroatoms. The van der Waals surface area contributed by atoms with Crippen LogP contribution >= 0.6 is 0 Å². The van der Waals surface area contributed by atoms with Crippen LogP contribution in [0.4, 0.5) is 0 Å². The van der Waals surface area contributed by atoms with Crippen LogP contribution in [0.1, 0.15) is 46.5 Å². The Morgan fingerprint density at radius 2 is 1.64 bits per heavy atom. The first-order valence-corrected chi connectivity index (χ1v) is 7.74. The largest absolute Gasteiger partial charge is 0.469 e. The normalized spacial score (nSPS) is 14.6. The van der Waals surface area contributed by atoms with E-state index in [0.29, 0.717) is 6.42 Å². The topological polar surface area (TPSA) is 75.7 Å². The van der Waals surface area contributed by atoms with E-state index in [2.05, 4.69) is 10.1 Å². The molecule has 0 aromatic rings. The number of hydrogen-bond donors (Lipinski definition) is 1. The Kier molecular flexibility index (Phi) is 9.45. The van der Waals surface area contributed by atoms with Crippen LogP contribution in [0.3, 0.4) is 0 Å². The van der Waals surface area contributed by atoms with Gasteiger partial charge in [-0.3, -0.25) is 14.4 Å². The molecule has 6 nitrogen and oxygen atoms in total. The molecule has 0 spiro atoms. The fourth-order valence-electron chi connectivity index (χ4n) is 2.00. The van der Waals surface area contributed by atoms with Gasteiger partial charge in [-0.1, -0.05) is 13.8 Å². The lowest BCUT2D eigenvalue weighted by Crippen LogP contribution is -2.38. The van der Waals surface area contributed by atoms with Gasteiger partial charge in [0.25, 0.3) is 0 Å². The summed E-state index contributed by atoms with van der Waals surface area (Å²) in [6.45, 7) is 5.68. The lowest BCUT2D eigenvalue weighted by atomic mass is 9.98. The lowest BCUT2D eigenvalue weighted by molar-refractivity contribution is -0.141. The fourth-order valence-corrected chi connectivity index (χ4v) is 2.00. The number of nitrogens with one attached hydrogen (secondary N) is 1. The molecule has 0 saturated carbocycles. The fraction of sp³-hybridized carbons (Fsp3) is 0.812. The zero-order valence-corrected chi connectivity index (χ0v) is 14.6. The summed E-state index contributed by atoms with van der Waals surface area (Å²) in [5, 5.41) is 2.92. The third kappa shape index (κ3) is 8.64. The van der Waals surface area contributed by atoms with Gasteiger partial charge in [0.1, 0.15) is 0 Å². The molecule has 0 aromatic carbocycles. The molecule has 0 aliphatic heterocycles. The average molecular weight is 314 g/mol. The molecule has 2 amide bonds. The Hall–Kier alpha value is -1.59. The maximum atomic E-state index is 12.0. The molecular weight excluding hydrogens is 284 g/mol. The molecule has 0 radical (unpaired) electrons. The summed E-state index contributed by atoms with van der Waals surface area (Å²) in [5.41, 5.74) is 0. The molecule has 1 N–H and O–H groups in total. The van der Waals surface area contributed by atoms with Gasteiger partial charge in [0.2, 0.25) is 11.8 Å². The summed E-state index contributed by atoms with van der Waals surface area (Å²) in [7, 11) is 4.74. The van der Waals surface area contributed by atoms with Crippen LogP contribution < -0.4 is 5.32 Å². The van der Waals surface area contributed by atoms with Crippen LogP contribution in [-0.2, 0) is 19.1 Å². The maximum absolute atomic E-state index is 12.0. The predicted octanol–water partition coefficient (Wildman–Crippen LogP) is 1.58. The van der Waals surface area contributed by atoms with Crippen molar-refractivity contribution in [2.45, 2.75) is 52.5 Å². The first kappa shape index (κ1) is 20.4.